The van der Waals surface area contributed by atoms with Crippen LogP contribution in [0.4, 0.5) is 0 Å². The molecule has 1 aromatic carbocycles. The fourth-order valence-electron chi connectivity index (χ4n) is 2.02. The third-order valence-corrected chi connectivity index (χ3v) is 4.83. The number of aryl methyl sites for hydroxylation is 1. The smallest absolute Gasteiger partial charge is 0.268 e. The number of thiophene rings is 1. The fraction of sp³-hybridized carbons (Fsp3) is 0.143. The van der Waals surface area contributed by atoms with E-state index in [-0.39, 0.29) is 5.56 Å². The van der Waals surface area contributed by atoms with Crippen molar-refractivity contribution in [3.8, 4) is 0 Å². The number of nitrogens with one attached hydrogen (secondary N) is 1. The van der Waals surface area contributed by atoms with Crippen LogP contribution in [0.25, 0.3) is 10.2 Å². The molecule has 2 aromatic heterocycles. The number of H-pyrrole nitrogens is 1. The Morgan fingerprint density at radius 3 is 2.85 bits per heavy atom. The highest BCUT2D eigenvalue weighted by molar-refractivity contribution is 7.17. The number of halogens is 2. The van der Waals surface area contributed by atoms with Gasteiger partial charge in [-0.3, -0.25) is 4.79 Å². The van der Waals surface area contributed by atoms with Crippen molar-refractivity contribution in [1.82, 2.24) is 9.97 Å². The van der Waals surface area contributed by atoms with Crippen molar-refractivity contribution in [2.75, 3.05) is 0 Å². The minimum atomic E-state index is -0.0943. The first-order chi connectivity index (χ1) is 9.54. The van der Waals surface area contributed by atoms with Crippen LogP contribution in [0.15, 0.2) is 28.4 Å². The Morgan fingerprint density at radius 1 is 1.30 bits per heavy atom. The molecule has 20 heavy (non-hydrogen) atoms. The summed E-state index contributed by atoms with van der Waals surface area (Å²) in [5.41, 5.74) is 2.65. The van der Waals surface area contributed by atoms with E-state index in [1.54, 1.807) is 12.1 Å². The predicted octanol–water partition coefficient (Wildman–Crippen LogP) is 4.19. The molecule has 0 saturated heterocycles. The number of hydrogen-bond donors (Lipinski definition) is 1. The summed E-state index contributed by atoms with van der Waals surface area (Å²) in [4.78, 5) is 19.3. The molecule has 6 heteroatoms. The Morgan fingerprint density at radius 2 is 2.10 bits per heavy atom. The van der Waals surface area contributed by atoms with Gasteiger partial charge in [-0.05, 0) is 35.6 Å². The van der Waals surface area contributed by atoms with Crippen LogP contribution in [-0.4, -0.2) is 9.97 Å². The van der Waals surface area contributed by atoms with Crippen LogP contribution in [-0.2, 0) is 6.42 Å². The van der Waals surface area contributed by atoms with Gasteiger partial charge in [0.15, 0.2) is 0 Å². The SMILES string of the molecule is Cc1csc2c(=O)[nH]c(Cc3ccc(Cl)c(Cl)c3)nc12. The molecule has 102 valence electrons. The van der Waals surface area contributed by atoms with Crippen molar-refractivity contribution >= 4 is 44.8 Å². The van der Waals surface area contributed by atoms with Crippen molar-refractivity contribution in [1.29, 1.82) is 0 Å². The summed E-state index contributed by atoms with van der Waals surface area (Å²) in [6.07, 6.45) is 0.511. The first kappa shape index (κ1) is 13.6. The monoisotopic (exact) mass is 324 g/mol. The summed E-state index contributed by atoms with van der Waals surface area (Å²) in [7, 11) is 0. The molecule has 0 atom stereocenters. The van der Waals surface area contributed by atoms with E-state index in [1.807, 2.05) is 18.4 Å². The minimum absolute atomic E-state index is 0.0943. The Bertz CT molecular complexity index is 854. The normalized spacial score (nSPS) is 11.2. The largest absolute Gasteiger partial charge is 0.309 e. The molecule has 0 spiro atoms. The molecular formula is C14H10Cl2N2OS. The summed E-state index contributed by atoms with van der Waals surface area (Å²) in [5, 5.41) is 2.95. The topological polar surface area (TPSA) is 45.8 Å². The molecule has 0 aliphatic rings. The van der Waals surface area contributed by atoms with Gasteiger partial charge in [0.25, 0.3) is 5.56 Å². The standard InChI is InChI=1S/C14H10Cl2N2OS/c1-7-6-20-13-12(7)17-11(18-14(13)19)5-8-2-3-9(15)10(16)4-8/h2-4,6H,5H2,1H3,(H,17,18,19). The molecule has 0 saturated carbocycles. The third kappa shape index (κ3) is 2.46. The second-order valence-corrected chi connectivity index (χ2v) is 6.23. The zero-order chi connectivity index (χ0) is 14.3. The van der Waals surface area contributed by atoms with E-state index in [0.29, 0.717) is 27.0 Å². The van der Waals surface area contributed by atoms with E-state index < -0.39 is 0 Å². The second kappa shape index (κ2) is 5.20. The van der Waals surface area contributed by atoms with Crippen molar-refractivity contribution in [2.45, 2.75) is 13.3 Å². The van der Waals surface area contributed by atoms with Crippen LogP contribution in [0.3, 0.4) is 0 Å². The van der Waals surface area contributed by atoms with Gasteiger partial charge < -0.3 is 4.98 Å². The van der Waals surface area contributed by atoms with E-state index >= 15 is 0 Å². The Kier molecular flexibility index (Phi) is 3.54. The van der Waals surface area contributed by atoms with E-state index in [9.17, 15) is 4.79 Å². The maximum atomic E-state index is 12.0. The molecule has 2 heterocycles. The van der Waals surface area contributed by atoms with Crippen LogP contribution in [0.5, 0.6) is 0 Å². The van der Waals surface area contributed by atoms with Gasteiger partial charge in [-0.2, -0.15) is 0 Å². The molecule has 0 aliphatic heterocycles. The third-order valence-electron chi connectivity index (χ3n) is 3.01. The molecule has 3 rings (SSSR count). The number of aromatic amines is 1. The molecule has 0 amide bonds. The Balaban J connectivity index is 2.04. The highest BCUT2D eigenvalue weighted by Gasteiger charge is 2.09. The fourth-order valence-corrected chi connectivity index (χ4v) is 3.22. The minimum Gasteiger partial charge on any atom is -0.309 e. The van der Waals surface area contributed by atoms with Gasteiger partial charge in [-0.25, -0.2) is 4.98 Å². The number of nitrogens with zero attached hydrogens (tertiary/aromatic N) is 1. The van der Waals surface area contributed by atoms with Crippen molar-refractivity contribution in [2.24, 2.45) is 0 Å². The summed E-state index contributed by atoms with van der Waals surface area (Å²) in [5.74, 6) is 0.627. The molecule has 0 aliphatic carbocycles. The van der Waals surface area contributed by atoms with Crippen molar-refractivity contribution < 1.29 is 0 Å². The van der Waals surface area contributed by atoms with Crippen LogP contribution in [0.2, 0.25) is 10.0 Å². The Hall–Kier alpha value is -1.36. The lowest BCUT2D eigenvalue weighted by Gasteiger charge is -2.03. The van der Waals surface area contributed by atoms with Gasteiger partial charge in [0.2, 0.25) is 0 Å². The lowest BCUT2D eigenvalue weighted by molar-refractivity contribution is 0.974. The van der Waals surface area contributed by atoms with Gasteiger partial charge in [0.1, 0.15) is 10.5 Å². The molecule has 0 radical (unpaired) electrons. The summed E-state index contributed by atoms with van der Waals surface area (Å²) < 4.78 is 0.667. The van der Waals surface area contributed by atoms with Gasteiger partial charge in [-0.15, -0.1) is 11.3 Å². The quantitative estimate of drug-likeness (QED) is 0.768. The second-order valence-electron chi connectivity index (χ2n) is 4.53. The number of hydrogen-bond acceptors (Lipinski definition) is 3. The van der Waals surface area contributed by atoms with Crippen LogP contribution in [0, 0.1) is 6.92 Å². The van der Waals surface area contributed by atoms with Crippen LogP contribution in [0.1, 0.15) is 17.0 Å². The zero-order valence-corrected chi connectivity index (χ0v) is 12.9. The molecule has 0 unspecified atom stereocenters. The number of benzene rings is 1. The van der Waals surface area contributed by atoms with E-state index in [0.717, 1.165) is 16.6 Å². The van der Waals surface area contributed by atoms with Crippen LogP contribution < -0.4 is 5.56 Å². The van der Waals surface area contributed by atoms with Crippen molar-refractivity contribution in [3.05, 3.63) is 60.9 Å². The first-order valence-corrected chi connectivity index (χ1v) is 7.59. The van der Waals surface area contributed by atoms with E-state index in [1.165, 1.54) is 11.3 Å². The summed E-state index contributed by atoms with van der Waals surface area (Å²) in [6, 6.07) is 5.40. The first-order valence-electron chi connectivity index (χ1n) is 5.95. The van der Waals surface area contributed by atoms with Gasteiger partial charge in [-0.1, -0.05) is 29.3 Å². The van der Waals surface area contributed by atoms with Gasteiger partial charge in [0, 0.05) is 6.42 Å². The number of fused-ring (bicyclic) bond motifs is 1. The molecule has 3 aromatic rings. The average molecular weight is 325 g/mol. The lowest BCUT2D eigenvalue weighted by Crippen LogP contribution is -2.11. The van der Waals surface area contributed by atoms with E-state index in [4.69, 9.17) is 23.2 Å². The van der Waals surface area contributed by atoms with Gasteiger partial charge >= 0.3 is 0 Å². The van der Waals surface area contributed by atoms with E-state index in [2.05, 4.69) is 9.97 Å². The van der Waals surface area contributed by atoms with Crippen molar-refractivity contribution in [3.63, 3.8) is 0 Å². The number of rotatable bonds is 2. The molecule has 3 nitrogen and oxygen atoms in total. The molecule has 0 bridgehead atoms. The maximum Gasteiger partial charge on any atom is 0.268 e. The average Bonchev–Trinajstić information content (AvgIpc) is 2.77. The molecular weight excluding hydrogens is 315 g/mol. The lowest BCUT2D eigenvalue weighted by atomic mass is 10.1. The highest BCUT2D eigenvalue weighted by atomic mass is 35.5. The zero-order valence-electron chi connectivity index (χ0n) is 10.5. The molecule has 0 fully saturated rings. The van der Waals surface area contributed by atoms with Crippen LogP contribution >= 0.6 is 34.5 Å². The molecule has 1 N–H and O–H groups in total. The number of aromatic nitrogens is 2. The predicted molar refractivity (Wildman–Crippen MR) is 84.2 cm³/mol. The Labute approximate surface area is 129 Å². The maximum absolute atomic E-state index is 12.0. The summed E-state index contributed by atoms with van der Waals surface area (Å²) >= 11 is 13.3. The highest BCUT2D eigenvalue weighted by Crippen LogP contribution is 2.24. The summed E-state index contributed by atoms with van der Waals surface area (Å²) in [6.45, 7) is 1.95. The van der Waals surface area contributed by atoms with Gasteiger partial charge in [0.05, 0.1) is 15.6 Å².